The second-order valence-corrected chi connectivity index (χ2v) is 5.58. The minimum Gasteiger partial charge on any atom is -0.461 e. The first kappa shape index (κ1) is 17.1. The van der Waals surface area contributed by atoms with Crippen molar-refractivity contribution in [2.24, 2.45) is 5.92 Å². The summed E-state index contributed by atoms with van der Waals surface area (Å²) in [4.78, 5) is 23.7. The number of nitrogens with one attached hydrogen (secondary N) is 1. The van der Waals surface area contributed by atoms with Gasteiger partial charge in [-0.1, -0.05) is 19.1 Å². The van der Waals surface area contributed by atoms with Crippen LogP contribution in [0.15, 0.2) is 0 Å². The normalized spacial score (nSPS) is 11.0. The molecule has 0 spiro atoms. The van der Waals surface area contributed by atoms with Gasteiger partial charge in [0.25, 0.3) is 0 Å². The van der Waals surface area contributed by atoms with Crippen molar-refractivity contribution < 1.29 is 14.3 Å². The molecule has 1 heterocycles. The average Bonchev–Trinajstić information content (AvgIpc) is 2.70. The van der Waals surface area contributed by atoms with Crippen LogP contribution in [-0.2, 0) is 22.5 Å². The van der Waals surface area contributed by atoms with E-state index in [4.69, 9.17) is 4.74 Å². The molecule has 0 unspecified atom stereocenters. The molecule has 0 aliphatic heterocycles. The van der Waals surface area contributed by atoms with Crippen LogP contribution in [0.3, 0.4) is 0 Å². The third-order valence-corrected chi connectivity index (χ3v) is 2.65. The van der Waals surface area contributed by atoms with E-state index in [0.717, 1.165) is 0 Å². The number of carbonyl (C=O) groups is 2. The Kier molecular flexibility index (Phi) is 6.33. The monoisotopic (exact) mass is 296 g/mol. The van der Waals surface area contributed by atoms with Crippen molar-refractivity contribution in [1.29, 1.82) is 0 Å². The zero-order chi connectivity index (χ0) is 16.0. The number of hydrogen-bond donors (Lipinski definition) is 1. The zero-order valence-corrected chi connectivity index (χ0v) is 13.3. The summed E-state index contributed by atoms with van der Waals surface area (Å²) in [6.45, 7) is 9.89. The summed E-state index contributed by atoms with van der Waals surface area (Å²) in [6.07, 6.45) is 0.607. The molecule has 1 rings (SSSR count). The van der Waals surface area contributed by atoms with E-state index in [1.165, 1.54) is 4.68 Å². The third-order valence-electron chi connectivity index (χ3n) is 2.65. The van der Waals surface area contributed by atoms with Gasteiger partial charge >= 0.3 is 5.97 Å². The van der Waals surface area contributed by atoms with Crippen LogP contribution in [0.1, 0.15) is 50.8 Å². The molecule has 0 atom stereocenters. The number of hydrogen-bond acceptors (Lipinski definition) is 5. The number of amides is 1. The van der Waals surface area contributed by atoms with Crippen LogP contribution in [0.5, 0.6) is 0 Å². The van der Waals surface area contributed by atoms with Crippen LogP contribution in [0.25, 0.3) is 0 Å². The van der Waals surface area contributed by atoms with Gasteiger partial charge in [0.1, 0.15) is 6.54 Å². The van der Waals surface area contributed by atoms with E-state index in [0.29, 0.717) is 18.0 Å². The molecular formula is C14H24N4O3. The summed E-state index contributed by atoms with van der Waals surface area (Å²) in [5.74, 6) is -0.345. The fourth-order valence-electron chi connectivity index (χ4n) is 1.91. The molecule has 0 bridgehead atoms. The molecule has 1 aromatic heterocycles. The van der Waals surface area contributed by atoms with Gasteiger partial charge < -0.3 is 10.1 Å². The number of aromatic nitrogens is 3. The van der Waals surface area contributed by atoms with E-state index in [9.17, 15) is 9.59 Å². The Bertz CT molecular complexity index is 494. The molecule has 0 saturated heterocycles. The molecule has 1 amide bonds. The Hall–Kier alpha value is -1.92. The smallest absolute Gasteiger partial charge is 0.360 e. The Labute approximate surface area is 125 Å². The van der Waals surface area contributed by atoms with Crippen molar-refractivity contribution >= 4 is 11.9 Å². The highest BCUT2D eigenvalue weighted by molar-refractivity contribution is 5.88. The van der Waals surface area contributed by atoms with Gasteiger partial charge in [-0.3, -0.25) is 4.79 Å². The Morgan fingerprint density at radius 3 is 2.48 bits per heavy atom. The van der Waals surface area contributed by atoms with E-state index in [1.807, 2.05) is 27.7 Å². The summed E-state index contributed by atoms with van der Waals surface area (Å²) in [5, 5.41) is 10.6. The minimum absolute atomic E-state index is 0.0483. The quantitative estimate of drug-likeness (QED) is 0.763. The number of carbonyl (C=O) groups excluding carboxylic acids is 2. The largest absolute Gasteiger partial charge is 0.461 e. The number of nitrogens with zero attached hydrogens (tertiary/aromatic N) is 3. The molecule has 0 aliphatic carbocycles. The van der Waals surface area contributed by atoms with E-state index < -0.39 is 5.97 Å². The zero-order valence-electron chi connectivity index (χ0n) is 13.3. The highest BCUT2D eigenvalue weighted by Gasteiger charge is 2.22. The summed E-state index contributed by atoms with van der Waals surface area (Å²) < 4.78 is 6.45. The summed E-state index contributed by atoms with van der Waals surface area (Å²) in [6, 6.07) is 0.0547. The second-order valence-electron chi connectivity index (χ2n) is 5.58. The minimum atomic E-state index is -0.497. The van der Waals surface area contributed by atoms with E-state index >= 15 is 0 Å². The lowest BCUT2D eigenvalue weighted by Crippen LogP contribution is -2.34. The standard InChI is InChI=1S/C14H24N4O3/c1-6-21-14(20)13-11(7-9(2)3)18(17-16-13)8-12(19)15-10(4)5/h9-10H,6-8H2,1-5H3,(H,15,19). The van der Waals surface area contributed by atoms with Gasteiger partial charge in [-0.05, 0) is 33.1 Å². The molecule has 1 N–H and O–H groups in total. The van der Waals surface area contributed by atoms with Crippen molar-refractivity contribution in [1.82, 2.24) is 20.3 Å². The van der Waals surface area contributed by atoms with Crippen LogP contribution in [0.2, 0.25) is 0 Å². The Balaban J connectivity index is 2.97. The summed E-state index contributed by atoms with van der Waals surface area (Å²) in [5.41, 5.74) is 0.838. The van der Waals surface area contributed by atoms with E-state index in [2.05, 4.69) is 15.6 Å². The summed E-state index contributed by atoms with van der Waals surface area (Å²) in [7, 11) is 0. The van der Waals surface area contributed by atoms with Crippen molar-refractivity contribution in [3.63, 3.8) is 0 Å². The lowest BCUT2D eigenvalue weighted by atomic mass is 10.1. The lowest BCUT2D eigenvalue weighted by molar-refractivity contribution is -0.122. The molecule has 1 aromatic rings. The Morgan fingerprint density at radius 2 is 1.95 bits per heavy atom. The molecule has 118 valence electrons. The highest BCUT2D eigenvalue weighted by atomic mass is 16.5. The van der Waals surface area contributed by atoms with Crippen molar-refractivity contribution in [3.05, 3.63) is 11.4 Å². The van der Waals surface area contributed by atoms with Crippen LogP contribution in [0.4, 0.5) is 0 Å². The predicted octanol–water partition coefficient (Wildman–Crippen LogP) is 1.18. The first-order valence-electron chi connectivity index (χ1n) is 7.24. The van der Waals surface area contributed by atoms with Gasteiger partial charge in [-0.25, -0.2) is 9.48 Å². The van der Waals surface area contributed by atoms with Crippen LogP contribution in [-0.4, -0.2) is 39.5 Å². The average molecular weight is 296 g/mol. The summed E-state index contributed by atoms with van der Waals surface area (Å²) >= 11 is 0. The van der Waals surface area contributed by atoms with Crippen molar-refractivity contribution in [2.75, 3.05) is 6.61 Å². The molecule has 0 saturated carbocycles. The molecular weight excluding hydrogens is 272 g/mol. The first-order valence-corrected chi connectivity index (χ1v) is 7.24. The highest BCUT2D eigenvalue weighted by Crippen LogP contribution is 2.13. The van der Waals surface area contributed by atoms with Crippen molar-refractivity contribution in [3.8, 4) is 0 Å². The molecule has 7 nitrogen and oxygen atoms in total. The third kappa shape index (κ3) is 5.17. The topological polar surface area (TPSA) is 86.1 Å². The lowest BCUT2D eigenvalue weighted by Gasteiger charge is -2.11. The maximum Gasteiger partial charge on any atom is 0.360 e. The maximum atomic E-state index is 11.9. The maximum absolute atomic E-state index is 11.9. The van der Waals surface area contributed by atoms with Gasteiger partial charge in [0.05, 0.1) is 12.3 Å². The molecule has 7 heteroatoms. The second kappa shape index (κ2) is 7.75. The van der Waals surface area contributed by atoms with Gasteiger partial charge in [-0.15, -0.1) is 5.10 Å². The molecule has 21 heavy (non-hydrogen) atoms. The SMILES string of the molecule is CCOC(=O)c1nnn(CC(=O)NC(C)C)c1CC(C)C. The molecule has 0 aliphatic rings. The predicted molar refractivity (Wildman–Crippen MR) is 77.8 cm³/mol. The number of rotatable bonds is 7. The van der Waals surface area contributed by atoms with Gasteiger partial charge in [0, 0.05) is 6.04 Å². The van der Waals surface area contributed by atoms with Gasteiger partial charge in [-0.2, -0.15) is 0 Å². The van der Waals surface area contributed by atoms with Crippen LogP contribution >= 0.6 is 0 Å². The molecule has 0 fully saturated rings. The van der Waals surface area contributed by atoms with E-state index in [1.54, 1.807) is 6.92 Å². The Morgan fingerprint density at radius 1 is 1.29 bits per heavy atom. The molecule has 0 aromatic carbocycles. The van der Waals surface area contributed by atoms with Crippen molar-refractivity contribution in [2.45, 2.75) is 53.6 Å². The van der Waals surface area contributed by atoms with Gasteiger partial charge in [0.15, 0.2) is 5.69 Å². The van der Waals surface area contributed by atoms with E-state index in [-0.39, 0.29) is 30.8 Å². The fraction of sp³-hybridized carbons (Fsp3) is 0.714. The molecule has 0 radical (unpaired) electrons. The van der Waals surface area contributed by atoms with Crippen LogP contribution < -0.4 is 5.32 Å². The fourth-order valence-corrected chi connectivity index (χ4v) is 1.91. The van der Waals surface area contributed by atoms with Crippen LogP contribution in [0, 0.1) is 5.92 Å². The number of esters is 1. The number of ether oxygens (including phenoxy) is 1. The van der Waals surface area contributed by atoms with Gasteiger partial charge in [0.2, 0.25) is 5.91 Å². The first-order chi connectivity index (χ1) is 9.85.